The van der Waals surface area contributed by atoms with Gasteiger partial charge in [-0.1, -0.05) is 24.3 Å². The Hall–Kier alpha value is -4.15. The number of fused-ring (bicyclic) bond motifs is 1. The Morgan fingerprint density at radius 3 is 2.50 bits per heavy atom. The van der Waals surface area contributed by atoms with Crippen molar-refractivity contribution >= 4 is 23.4 Å². The van der Waals surface area contributed by atoms with Gasteiger partial charge in [-0.15, -0.1) is 0 Å². The fourth-order valence-electron chi connectivity index (χ4n) is 3.40. The molecule has 4 rings (SSSR count). The van der Waals surface area contributed by atoms with E-state index in [2.05, 4.69) is 15.7 Å². The molecule has 1 unspecified atom stereocenters. The maximum Gasteiger partial charge on any atom is 0.416 e. The Bertz CT molecular complexity index is 1220. The summed E-state index contributed by atoms with van der Waals surface area (Å²) in [6.07, 6.45) is -4.62. The van der Waals surface area contributed by atoms with Crippen molar-refractivity contribution in [1.29, 1.82) is 0 Å². The van der Waals surface area contributed by atoms with E-state index in [1.807, 2.05) is 0 Å². The first kappa shape index (κ1) is 21.1. The van der Waals surface area contributed by atoms with Crippen molar-refractivity contribution in [3.63, 3.8) is 0 Å². The largest absolute Gasteiger partial charge is 0.416 e. The lowest BCUT2D eigenvalue weighted by molar-refractivity contribution is -0.137. The van der Waals surface area contributed by atoms with Crippen molar-refractivity contribution < 1.29 is 27.6 Å². The van der Waals surface area contributed by atoms with E-state index in [0.717, 1.165) is 12.1 Å². The second-order valence-corrected chi connectivity index (χ2v) is 7.03. The van der Waals surface area contributed by atoms with Crippen molar-refractivity contribution in [2.75, 3.05) is 11.9 Å². The summed E-state index contributed by atoms with van der Waals surface area (Å²) >= 11 is 0. The fraction of sp³-hybridized carbons (Fsp3) is 0.143. The lowest BCUT2D eigenvalue weighted by Crippen LogP contribution is -2.48. The lowest BCUT2D eigenvalue weighted by Gasteiger charge is -2.24. The van der Waals surface area contributed by atoms with Gasteiger partial charge in [0.2, 0.25) is 0 Å². The van der Waals surface area contributed by atoms with E-state index in [1.54, 1.807) is 30.3 Å². The van der Waals surface area contributed by atoms with Crippen LogP contribution in [-0.2, 0) is 6.18 Å². The van der Waals surface area contributed by atoms with Crippen LogP contribution in [0.2, 0.25) is 0 Å². The molecule has 11 heteroatoms. The number of rotatable bonds is 4. The molecular formula is C21H16F3N5O3. The predicted octanol–water partition coefficient (Wildman–Crippen LogP) is 2.40. The number of aromatic nitrogens is 2. The number of benzene rings is 2. The highest BCUT2D eigenvalue weighted by Gasteiger charge is 2.37. The smallest absolute Gasteiger partial charge is 0.367 e. The third kappa shape index (κ3) is 3.80. The Morgan fingerprint density at radius 2 is 1.84 bits per heavy atom. The summed E-state index contributed by atoms with van der Waals surface area (Å²) in [5.74, 6) is -2.19. The van der Waals surface area contributed by atoms with Crippen LogP contribution in [-0.4, -0.2) is 40.0 Å². The topological polar surface area (TPSA) is 119 Å². The van der Waals surface area contributed by atoms with Gasteiger partial charge in [-0.3, -0.25) is 14.4 Å². The zero-order valence-corrected chi connectivity index (χ0v) is 16.3. The lowest BCUT2D eigenvalue weighted by atomic mass is 9.99. The number of hydrogen-bond acceptors (Lipinski definition) is 5. The van der Waals surface area contributed by atoms with Crippen LogP contribution in [0.3, 0.4) is 0 Å². The first-order valence-corrected chi connectivity index (χ1v) is 9.41. The molecule has 0 saturated heterocycles. The zero-order valence-electron chi connectivity index (χ0n) is 16.3. The number of hydrogen-bond donors (Lipinski definition) is 3. The highest BCUT2D eigenvalue weighted by atomic mass is 19.4. The van der Waals surface area contributed by atoms with Crippen LogP contribution in [0, 0.1) is 0 Å². The van der Waals surface area contributed by atoms with Gasteiger partial charge in [0.1, 0.15) is 11.9 Å². The summed E-state index contributed by atoms with van der Waals surface area (Å²) in [7, 11) is 0. The molecule has 1 aliphatic heterocycles. The van der Waals surface area contributed by atoms with E-state index in [-0.39, 0.29) is 29.2 Å². The van der Waals surface area contributed by atoms with Gasteiger partial charge in [-0.05, 0) is 30.3 Å². The molecule has 0 saturated carbocycles. The number of amides is 2. The molecule has 1 aromatic heterocycles. The van der Waals surface area contributed by atoms with Gasteiger partial charge in [-0.25, -0.2) is 4.68 Å². The van der Waals surface area contributed by atoms with E-state index in [0.29, 0.717) is 11.8 Å². The minimum Gasteiger partial charge on any atom is -0.367 e. The molecule has 0 spiro atoms. The monoisotopic (exact) mass is 443 g/mol. The molecule has 1 aliphatic rings. The maximum atomic E-state index is 13.1. The highest BCUT2D eigenvalue weighted by molar-refractivity contribution is 6.14. The Balaban J connectivity index is 1.64. The summed E-state index contributed by atoms with van der Waals surface area (Å²) in [5.41, 5.74) is 4.35. The van der Waals surface area contributed by atoms with Crippen LogP contribution < -0.4 is 16.4 Å². The van der Waals surface area contributed by atoms with Crippen LogP contribution in [0.1, 0.15) is 36.8 Å². The van der Waals surface area contributed by atoms with Gasteiger partial charge in [-0.2, -0.15) is 18.3 Å². The van der Waals surface area contributed by atoms with Crippen LogP contribution in [0.5, 0.6) is 0 Å². The Morgan fingerprint density at radius 1 is 1.12 bits per heavy atom. The second kappa shape index (κ2) is 7.84. The number of nitrogens with one attached hydrogen (secondary N) is 2. The van der Waals surface area contributed by atoms with Gasteiger partial charge >= 0.3 is 6.18 Å². The number of primary amides is 1. The summed E-state index contributed by atoms with van der Waals surface area (Å²) < 4.78 is 40.2. The van der Waals surface area contributed by atoms with Crippen molar-refractivity contribution in [3.05, 3.63) is 77.0 Å². The number of carbonyl (C=O) groups is 3. The average molecular weight is 443 g/mol. The molecule has 0 radical (unpaired) electrons. The number of alkyl halides is 3. The quantitative estimate of drug-likeness (QED) is 0.572. The minimum atomic E-state index is -4.62. The number of ketones is 1. The molecule has 0 aliphatic carbocycles. The SMILES string of the molecule is NC(=O)c1nn(-c2ccccc2)c2c1C(=O)C(NC(=O)c1cccc(C(F)(F)F)c1)CN2. The average Bonchev–Trinajstić information content (AvgIpc) is 3.16. The third-order valence-electron chi connectivity index (χ3n) is 4.91. The van der Waals surface area contributed by atoms with Crippen LogP contribution in [0.4, 0.5) is 19.0 Å². The summed E-state index contributed by atoms with van der Waals surface area (Å²) in [6.45, 7) is -0.0622. The summed E-state index contributed by atoms with van der Waals surface area (Å²) in [6, 6.07) is 11.4. The predicted molar refractivity (Wildman–Crippen MR) is 108 cm³/mol. The van der Waals surface area contributed by atoms with Crippen molar-refractivity contribution in [2.45, 2.75) is 12.2 Å². The van der Waals surface area contributed by atoms with Crippen LogP contribution in [0.15, 0.2) is 54.6 Å². The van der Waals surface area contributed by atoms with Gasteiger partial charge in [0, 0.05) is 12.1 Å². The molecule has 0 fully saturated rings. The number of para-hydroxylation sites is 1. The normalized spacial score (nSPS) is 15.6. The first-order chi connectivity index (χ1) is 15.2. The number of nitrogens with zero attached hydrogens (tertiary/aromatic N) is 2. The van der Waals surface area contributed by atoms with E-state index in [9.17, 15) is 27.6 Å². The molecule has 8 nitrogen and oxygen atoms in total. The number of nitrogens with two attached hydrogens (primary N) is 1. The standard InChI is InChI=1S/C21H16F3N5O3/c22-21(23,24)12-6-4-5-11(9-12)20(32)27-14-10-26-19-15(17(14)30)16(18(25)31)28-29(19)13-7-2-1-3-8-13/h1-9,14,26H,10H2,(H2,25,31)(H,27,32). The molecule has 32 heavy (non-hydrogen) atoms. The van der Waals surface area contributed by atoms with E-state index < -0.39 is 35.4 Å². The van der Waals surface area contributed by atoms with Gasteiger partial charge in [0.05, 0.1) is 16.8 Å². The molecule has 4 N–H and O–H groups in total. The first-order valence-electron chi connectivity index (χ1n) is 9.41. The molecule has 0 bridgehead atoms. The van der Waals surface area contributed by atoms with E-state index >= 15 is 0 Å². The number of anilines is 1. The minimum absolute atomic E-state index is 0.0622. The second-order valence-electron chi connectivity index (χ2n) is 7.03. The number of halogens is 3. The van der Waals surface area contributed by atoms with Crippen molar-refractivity contribution in [3.8, 4) is 5.69 Å². The van der Waals surface area contributed by atoms with Gasteiger partial charge in [0.15, 0.2) is 11.5 Å². The summed E-state index contributed by atoms with van der Waals surface area (Å²) in [5, 5.41) is 9.51. The number of carbonyl (C=O) groups excluding carboxylic acids is 3. The molecule has 3 aromatic rings. The highest BCUT2D eigenvalue weighted by Crippen LogP contribution is 2.30. The maximum absolute atomic E-state index is 13.1. The fourth-order valence-corrected chi connectivity index (χ4v) is 3.40. The molecule has 2 amide bonds. The van der Waals surface area contributed by atoms with Crippen molar-refractivity contribution in [2.24, 2.45) is 5.73 Å². The van der Waals surface area contributed by atoms with E-state index in [4.69, 9.17) is 5.73 Å². The zero-order chi connectivity index (χ0) is 23.0. The molecular weight excluding hydrogens is 427 g/mol. The Labute approximate surface area is 179 Å². The van der Waals surface area contributed by atoms with E-state index in [1.165, 1.54) is 10.7 Å². The molecule has 1 atom stereocenters. The molecule has 164 valence electrons. The number of Topliss-reactive ketones (excluding diaryl/α,β-unsaturated/α-hetero) is 1. The Kier molecular flexibility index (Phi) is 5.17. The molecule has 2 heterocycles. The summed E-state index contributed by atoms with van der Waals surface area (Å²) in [4.78, 5) is 37.5. The van der Waals surface area contributed by atoms with Crippen molar-refractivity contribution in [1.82, 2.24) is 15.1 Å². The third-order valence-corrected chi connectivity index (χ3v) is 4.91. The van der Waals surface area contributed by atoms with Crippen LogP contribution >= 0.6 is 0 Å². The van der Waals surface area contributed by atoms with Crippen LogP contribution in [0.25, 0.3) is 5.69 Å². The van der Waals surface area contributed by atoms with Gasteiger partial charge in [0.25, 0.3) is 11.8 Å². The van der Waals surface area contributed by atoms with Gasteiger partial charge < -0.3 is 16.4 Å². The molecule has 2 aromatic carbocycles.